The summed E-state index contributed by atoms with van der Waals surface area (Å²) in [5.74, 6) is 0.951. The Morgan fingerprint density at radius 2 is 1.89 bits per heavy atom. The zero-order valence-corrected chi connectivity index (χ0v) is 18.4. The molecular weight excluding hydrogens is 376 g/mol. The minimum Gasteiger partial charge on any atom is -0.378 e. The molecule has 0 aliphatic carbocycles. The summed E-state index contributed by atoms with van der Waals surface area (Å²) in [6.45, 7) is 12.1. The first-order valence-electron chi connectivity index (χ1n) is 9.91. The number of nitrogens with one attached hydrogen (secondary N) is 1. The van der Waals surface area contributed by atoms with Crippen LogP contribution in [0.15, 0.2) is 23.2 Å². The quantitative estimate of drug-likeness (QED) is 0.397. The van der Waals surface area contributed by atoms with Crippen LogP contribution in [0.3, 0.4) is 0 Å². The Labute approximate surface area is 169 Å². The largest absolute Gasteiger partial charge is 0.378 e. The van der Waals surface area contributed by atoms with Gasteiger partial charge in [0.2, 0.25) is 0 Å². The van der Waals surface area contributed by atoms with Crippen LogP contribution in [0.4, 0.5) is 5.69 Å². The summed E-state index contributed by atoms with van der Waals surface area (Å²) in [6.07, 6.45) is 1.22. The molecule has 8 heteroatoms. The van der Waals surface area contributed by atoms with Gasteiger partial charge >= 0.3 is 0 Å². The Hall–Kier alpha value is -1.80. The van der Waals surface area contributed by atoms with E-state index in [0.29, 0.717) is 13.2 Å². The van der Waals surface area contributed by atoms with Crippen molar-refractivity contribution in [3.05, 3.63) is 29.3 Å². The van der Waals surface area contributed by atoms with E-state index in [9.17, 15) is 8.42 Å². The van der Waals surface area contributed by atoms with Gasteiger partial charge in [-0.1, -0.05) is 12.1 Å². The highest BCUT2D eigenvalue weighted by Gasteiger charge is 2.21. The molecule has 0 amide bonds. The number of hydrogen-bond acceptors (Lipinski definition) is 5. The third-order valence-corrected chi connectivity index (χ3v) is 5.83. The molecule has 1 aromatic carbocycles. The third-order valence-electron chi connectivity index (χ3n) is 4.93. The number of ether oxygens (including phenoxy) is 1. The van der Waals surface area contributed by atoms with E-state index in [-0.39, 0.29) is 12.4 Å². The van der Waals surface area contributed by atoms with Crippen LogP contribution in [0.5, 0.6) is 0 Å². The summed E-state index contributed by atoms with van der Waals surface area (Å²) in [6, 6.07) is 6.48. The van der Waals surface area contributed by atoms with Crippen molar-refractivity contribution in [1.29, 1.82) is 0 Å². The smallest absolute Gasteiger partial charge is 0.194 e. The lowest BCUT2D eigenvalue weighted by molar-refractivity contribution is 0.157. The van der Waals surface area contributed by atoms with Crippen molar-refractivity contribution in [2.45, 2.75) is 20.8 Å². The van der Waals surface area contributed by atoms with Gasteiger partial charge < -0.3 is 19.9 Å². The number of nitrogens with zero attached hydrogens (tertiary/aromatic N) is 3. The van der Waals surface area contributed by atoms with E-state index in [1.165, 1.54) is 23.1 Å². The molecule has 0 unspecified atom stereocenters. The summed E-state index contributed by atoms with van der Waals surface area (Å²) in [4.78, 5) is 9.36. The summed E-state index contributed by atoms with van der Waals surface area (Å²) < 4.78 is 27.6. The van der Waals surface area contributed by atoms with Crippen LogP contribution >= 0.6 is 0 Å². The third kappa shape index (κ3) is 6.98. The number of hydrogen-bond donors (Lipinski definition) is 1. The fourth-order valence-corrected chi connectivity index (χ4v) is 3.61. The zero-order valence-electron chi connectivity index (χ0n) is 17.6. The van der Waals surface area contributed by atoms with Gasteiger partial charge in [-0.2, -0.15) is 0 Å². The predicted octanol–water partition coefficient (Wildman–Crippen LogP) is 1.45. The minimum absolute atomic E-state index is 0.0527. The molecule has 1 aromatic rings. The van der Waals surface area contributed by atoms with E-state index >= 15 is 0 Å². The van der Waals surface area contributed by atoms with E-state index < -0.39 is 9.84 Å². The van der Waals surface area contributed by atoms with Crippen molar-refractivity contribution < 1.29 is 13.2 Å². The Balaban J connectivity index is 1.85. The van der Waals surface area contributed by atoms with Crippen LogP contribution < -0.4 is 10.2 Å². The molecule has 1 aliphatic heterocycles. The molecule has 1 saturated heterocycles. The second-order valence-corrected chi connectivity index (χ2v) is 9.43. The van der Waals surface area contributed by atoms with Crippen molar-refractivity contribution in [3.8, 4) is 0 Å². The molecular formula is C20H34N4O3S. The molecule has 158 valence electrons. The van der Waals surface area contributed by atoms with Crippen molar-refractivity contribution >= 4 is 21.5 Å². The highest BCUT2D eigenvalue weighted by Crippen LogP contribution is 2.23. The Morgan fingerprint density at radius 3 is 2.54 bits per heavy atom. The minimum atomic E-state index is -2.97. The molecule has 1 heterocycles. The first kappa shape index (κ1) is 22.5. The van der Waals surface area contributed by atoms with Crippen LogP contribution in [0.2, 0.25) is 0 Å². The molecule has 1 aliphatic rings. The van der Waals surface area contributed by atoms with Crippen molar-refractivity contribution in [1.82, 2.24) is 10.2 Å². The molecule has 0 aromatic heterocycles. The fraction of sp³-hybridized carbons (Fsp3) is 0.650. The number of benzene rings is 1. The van der Waals surface area contributed by atoms with Gasteiger partial charge in [0.25, 0.3) is 0 Å². The number of sulfone groups is 1. The van der Waals surface area contributed by atoms with Gasteiger partial charge in [0.05, 0.1) is 25.5 Å². The zero-order chi connectivity index (χ0) is 20.6. The second kappa shape index (κ2) is 10.7. The summed E-state index contributed by atoms with van der Waals surface area (Å²) in [5, 5.41) is 3.35. The number of rotatable bonds is 8. The molecule has 2 rings (SSSR count). The van der Waals surface area contributed by atoms with Gasteiger partial charge in [-0.3, -0.25) is 4.99 Å². The average Bonchev–Trinajstić information content (AvgIpc) is 2.65. The molecule has 1 fully saturated rings. The monoisotopic (exact) mass is 410 g/mol. The number of anilines is 1. The van der Waals surface area contributed by atoms with Crippen molar-refractivity contribution in [2.75, 3.05) is 69.4 Å². The maximum atomic E-state index is 11.1. The lowest BCUT2D eigenvalue weighted by atomic mass is 10.1. The highest BCUT2D eigenvalue weighted by atomic mass is 32.2. The maximum absolute atomic E-state index is 11.1. The summed E-state index contributed by atoms with van der Waals surface area (Å²) >= 11 is 0. The Bertz CT molecular complexity index is 757. The van der Waals surface area contributed by atoms with Crippen molar-refractivity contribution in [3.63, 3.8) is 0 Å². The van der Waals surface area contributed by atoms with E-state index in [0.717, 1.165) is 38.7 Å². The van der Waals surface area contributed by atoms with Gasteiger partial charge in [0, 0.05) is 44.7 Å². The number of aryl methyl sites for hydroxylation is 1. The van der Waals surface area contributed by atoms with E-state index in [1.54, 1.807) is 0 Å². The first-order valence-corrected chi connectivity index (χ1v) is 12.0. The molecule has 0 bridgehead atoms. The summed E-state index contributed by atoms with van der Waals surface area (Å²) in [5.41, 5.74) is 3.99. The van der Waals surface area contributed by atoms with Crippen LogP contribution in [0.1, 0.15) is 18.1 Å². The number of guanidine groups is 1. The Morgan fingerprint density at radius 1 is 1.18 bits per heavy atom. The van der Waals surface area contributed by atoms with Crippen LogP contribution in [0, 0.1) is 13.8 Å². The first-order chi connectivity index (χ1) is 13.3. The van der Waals surface area contributed by atoms with E-state index in [4.69, 9.17) is 4.74 Å². The highest BCUT2D eigenvalue weighted by molar-refractivity contribution is 7.90. The maximum Gasteiger partial charge on any atom is 0.194 e. The number of piperazine rings is 1. The van der Waals surface area contributed by atoms with Gasteiger partial charge in [0.1, 0.15) is 9.84 Å². The Kier molecular flexibility index (Phi) is 8.57. The normalized spacial score (nSPS) is 15.8. The van der Waals surface area contributed by atoms with Crippen LogP contribution in [0.25, 0.3) is 0 Å². The fourth-order valence-electron chi connectivity index (χ4n) is 3.19. The van der Waals surface area contributed by atoms with Gasteiger partial charge in [-0.25, -0.2) is 8.42 Å². The van der Waals surface area contributed by atoms with Gasteiger partial charge in [-0.15, -0.1) is 0 Å². The average molecular weight is 411 g/mol. The lowest BCUT2D eigenvalue weighted by Crippen LogP contribution is -2.52. The van der Waals surface area contributed by atoms with E-state index in [2.05, 4.69) is 59.1 Å². The summed E-state index contributed by atoms with van der Waals surface area (Å²) in [7, 11) is -2.97. The van der Waals surface area contributed by atoms with E-state index in [1.807, 2.05) is 0 Å². The predicted molar refractivity (Wildman–Crippen MR) is 116 cm³/mol. The molecule has 0 radical (unpaired) electrons. The second-order valence-electron chi connectivity index (χ2n) is 7.17. The van der Waals surface area contributed by atoms with Gasteiger partial charge in [0.15, 0.2) is 5.96 Å². The topological polar surface area (TPSA) is 74.2 Å². The molecule has 7 nitrogen and oxygen atoms in total. The molecule has 1 N–H and O–H groups in total. The van der Waals surface area contributed by atoms with Gasteiger partial charge in [-0.05, 0) is 38.0 Å². The van der Waals surface area contributed by atoms with Crippen molar-refractivity contribution in [2.24, 2.45) is 4.99 Å². The molecule has 0 saturated carbocycles. The SMILES string of the molecule is CCNC(=NCCOCCS(C)(=O)=O)N1CCN(c2cccc(C)c2C)CC1. The molecule has 0 spiro atoms. The van der Waals surface area contributed by atoms with Crippen LogP contribution in [-0.2, 0) is 14.6 Å². The number of aliphatic imine (C=N–C) groups is 1. The molecule has 28 heavy (non-hydrogen) atoms. The van der Waals surface area contributed by atoms with Crippen LogP contribution in [-0.4, -0.2) is 83.8 Å². The lowest BCUT2D eigenvalue weighted by Gasteiger charge is -2.38. The molecule has 0 atom stereocenters. The standard InChI is InChI=1S/C20H34N4O3S/c1-5-21-20(22-9-14-27-15-16-28(4,25)26)24-12-10-23(11-13-24)19-8-6-7-17(2)18(19)3/h6-8H,5,9-16H2,1-4H3,(H,21,22).